The predicted molar refractivity (Wildman–Crippen MR) is 125 cm³/mol. The molecular weight excluding hydrogens is 428 g/mol. The molecule has 2 aromatic carbocycles. The van der Waals surface area contributed by atoms with Crippen molar-refractivity contribution in [2.75, 3.05) is 5.32 Å². The number of amides is 1. The Morgan fingerprint density at radius 2 is 2.00 bits per heavy atom. The number of nitro groups is 1. The maximum atomic E-state index is 13.1. The number of fused-ring (bicyclic) bond motifs is 1. The lowest BCUT2D eigenvalue weighted by Crippen LogP contribution is -2.33. The number of aromatic nitrogens is 2. The summed E-state index contributed by atoms with van der Waals surface area (Å²) in [7, 11) is 0. The van der Waals surface area contributed by atoms with Gasteiger partial charge in [-0.2, -0.15) is 0 Å². The van der Waals surface area contributed by atoms with Crippen molar-refractivity contribution in [2.24, 2.45) is 0 Å². The van der Waals surface area contributed by atoms with Crippen molar-refractivity contribution in [3.8, 4) is 11.3 Å². The van der Waals surface area contributed by atoms with Gasteiger partial charge in [0.15, 0.2) is 5.13 Å². The zero-order chi connectivity index (χ0) is 22.8. The van der Waals surface area contributed by atoms with Crippen molar-refractivity contribution in [3.05, 3.63) is 86.0 Å². The second kappa shape index (κ2) is 8.72. The summed E-state index contributed by atoms with van der Waals surface area (Å²) < 4.78 is 1.52. The van der Waals surface area contributed by atoms with Crippen LogP contribution in [0.1, 0.15) is 24.9 Å². The van der Waals surface area contributed by atoms with Crippen LogP contribution in [0.25, 0.3) is 22.2 Å². The molecule has 1 N–H and O–H groups in total. The van der Waals surface area contributed by atoms with Gasteiger partial charge in [-0.15, -0.1) is 11.3 Å². The van der Waals surface area contributed by atoms with E-state index in [-0.39, 0.29) is 17.2 Å². The number of thiazole rings is 1. The Bertz CT molecular complexity index is 1390. The monoisotopic (exact) mass is 448 g/mol. The van der Waals surface area contributed by atoms with Crippen molar-refractivity contribution in [1.29, 1.82) is 0 Å². The van der Waals surface area contributed by atoms with Crippen molar-refractivity contribution >= 4 is 39.0 Å². The fourth-order valence-corrected chi connectivity index (χ4v) is 4.43. The first-order chi connectivity index (χ1) is 15.4. The molecule has 2 heterocycles. The van der Waals surface area contributed by atoms with Gasteiger partial charge in [0.05, 0.1) is 16.1 Å². The van der Waals surface area contributed by atoms with E-state index in [0.717, 1.165) is 10.9 Å². The highest BCUT2D eigenvalue weighted by atomic mass is 32.1. The van der Waals surface area contributed by atoms with Crippen LogP contribution in [0.15, 0.2) is 64.8 Å². The number of hydrogen-bond donors (Lipinski definition) is 1. The van der Waals surface area contributed by atoms with Gasteiger partial charge in [-0.05, 0) is 25.0 Å². The Balaban J connectivity index is 1.64. The molecule has 0 saturated carbocycles. The molecular formula is C23H20N4O4S. The van der Waals surface area contributed by atoms with Crippen LogP contribution in [0, 0.1) is 17.0 Å². The molecule has 0 bridgehead atoms. The summed E-state index contributed by atoms with van der Waals surface area (Å²) in [5.41, 5.74) is 2.41. The van der Waals surface area contributed by atoms with Crippen molar-refractivity contribution in [3.63, 3.8) is 0 Å². The largest absolute Gasteiger partial charge is 0.300 e. The molecule has 32 heavy (non-hydrogen) atoms. The number of rotatable bonds is 6. The number of nitrogens with zero attached hydrogens (tertiary/aromatic N) is 3. The molecule has 2 aromatic heterocycles. The first-order valence-corrected chi connectivity index (χ1v) is 10.9. The van der Waals surface area contributed by atoms with E-state index in [2.05, 4.69) is 10.3 Å². The van der Waals surface area contributed by atoms with Gasteiger partial charge < -0.3 is 5.32 Å². The topological polar surface area (TPSA) is 107 Å². The average molecular weight is 449 g/mol. The van der Waals surface area contributed by atoms with E-state index < -0.39 is 11.0 Å². The summed E-state index contributed by atoms with van der Waals surface area (Å²) in [4.78, 5) is 40.9. The Kier molecular flexibility index (Phi) is 5.83. The van der Waals surface area contributed by atoms with Gasteiger partial charge >= 0.3 is 0 Å². The highest BCUT2D eigenvalue weighted by Gasteiger charge is 2.23. The SMILES string of the molecule is CCC(C(=O)Nc1nc(-c2cccc([N+](=O)[O-])c2)cs1)n1c(=O)cc(C)c2ccccc21. The molecule has 4 aromatic rings. The van der Waals surface area contributed by atoms with Gasteiger partial charge in [0, 0.05) is 34.5 Å². The number of benzene rings is 2. The quantitative estimate of drug-likeness (QED) is 0.332. The molecule has 0 radical (unpaired) electrons. The van der Waals surface area contributed by atoms with E-state index >= 15 is 0 Å². The van der Waals surface area contributed by atoms with Gasteiger partial charge in [0.2, 0.25) is 5.91 Å². The van der Waals surface area contributed by atoms with Gasteiger partial charge in [0.25, 0.3) is 11.2 Å². The number of carbonyl (C=O) groups excluding carboxylic acids is 1. The predicted octanol–water partition coefficient (Wildman–Crippen LogP) is 4.93. The summed E-state index contributed by atoms with van der Waals surface area (Å²) in [6.07, 6.45) is 0.419. The van der Waals surface area contributed by atoms with E-state index in [4.69, 9.17) is 0 Å². The van der Waals surface area contributed by atoms with Crippen LogP contribution in [-0.2, 0) is 4.79 Å². The minimum atomic E-state index is -0.710. The van der Waals surface area contributed by atoms with E-state index in [1.807, 2.05) is 38.1 Å². The first-order valence-electron chi connectivity index (χ1n) is 10.0. The highest BCUT2D eigenvalue weighted by Crippen LogP contribution is 2.28. The van der Waals surface area contributed by atoms with Crippen LogP contribution < -0.4 is 10.9 Å². The van der Waals surface area contributed by atoms with Crippen LogP contribution in [0.5, 0.6) is 0 Å². The molecule has 0 saturated heterocycles. The molecule has 9 heteroatoms. The molecule has 0 aliphatic rings. The number of nitrogens with one attached hydrogen (secondary N) is 1. The zero-order valence-corrected chi connectivity index (χ0v) is 18.3. The number of nitro benzene ring substituents is 1. The number of para-hydroxylation sites is 1. The number of hydrogen-bond acceptors (Lipinski definition) is 6. The summed E-state index contributed by atoms with van der Waals surface area (Å²) in [5.74, 6) is -0.344. The molecule has 4 rings (SSSR count). The fourth-order valence-electron chi connectivity index (χ4n) is 3.71. The van der Waals surface area contributed by atoms with Gasteiger partial charge in [-0.1, -0.05) is 37.3 Å². The van der Waals surface area contributed by atoms with Crippen LogP contribution in [0.4, 0.5) is 10.8 Å². The van der Waals surface area contributed by atoms with Gasteiger partial charge in [-0.3, -0.25) is 24.3 Å². The lowest BCUT2D eigenvalue weighted by Gasteiger charge is -2.20. The van der Waals surface area contributed by atoms with E-state index in [9.17, 15) is 19.7 Å². The molecule has 1 atom stereocenters. The maximum Gasteiger partial charge on any atom is 0.270 e. The number of pyridine rings is 1. The number of anilines is 1. The fraction of sp³-hybridized carbons (Fsp3) is 0.174. The second-order valence-corrected chi connectivity index (χ2v) is 8.17. The van der Waals surface area contributed by atoms with E-state index in [1.165, 1.54) is 28.0 Å². The molecule has 1 unspecified atom stereocenters. The average Bonchev–Trinajstić information content (AvgIpc) is 3.25. The van der Waals surface area contributed by atoms with E-state index in [1.54, 1.807) is 23.6 Å². The van der Waals surface area contributed by atoms with E-state index in [0.29, 0.717) is 28.3 Å². The third-order valence-electron chi connectivity index (χ3n) is 5.25. The van der Waals surface area contributed by atoms with Gasteiger partial charge in [0.1, 0.15) is 6.04 Å². The molecule has 0 aliphatic heterocycles. The van der Waals surface area contributed by atoms with Crippen molar-refractivity contribution in [1.82, 2.24) is 9.55 Å². The maximum absolute atomic E-state index is 13.1. The molecule has 8 nitrogen and oxygen atoms in total. The Morgan fingerprint density at radius 1 is 1.22 bits per heavy atom. The summed E-state index contributed by atoms with van der Waals surface area (Å²) in [6, 6.07) is 14.5. The molecule has 0 spiro atoms. The van der Waals surface area contributed by atoms with Crippen LogP contribution in [0.2, 0.25) is 0 Å². The Morgan fingerprint density at radius 3 is 2.75 bits per heavy atom. The summed E-state index contributed by atoms with van der Waals surface area (Å²) in [5, 5.41) is 16.8. The van der Waals surface area contributed by atoms with Crippen LogP contribution >= 0.6 is 11.3 Å². The van der Waals surface area contributed by atoms with Crippen molar-refractivity contribution < 1.29 is 9.72 Å². The number of non-ortho nitro benzene ring substituents is 1. The summed E-state index contributed by atoms with van der Waals surface area (Å²) in [6.45, 7) is 3.72. The minimum absolute atomic E-state index is 0.0299. The normalized spacial score (nSPS) is 11.9. The second-order valence-electron chi connectivity index (χ2n) is 7.31. The lowest BCUT2D eigenvalue weighted by molar-refractivity contribution is -0.384. The van der Waals surface area contributed by atoms with Crippen molar-refractivity contribution in [2.45, 2.75) is 26.3 Å². The Labute approximate surface area is 187 Å². The molecule has 162 valence electrons. The third kappa shape index (κ3) is 4.02. The number of carbonyl (C=O) groups is 1. The van der Waals surface area contributed by atoms with Crippen LogP contribution in [0.3, 0.4) is 0 Å². The minimum Gasteiger partial charge on any atom is -0.300 e. The Hall–Kier alpha value is -3.85. The third-order valence-corrected chi connectivity index (χ3v) is 6.01. The van der Waals surface area contributed by atoms with Gasteiger partial charge in [-0.25, -0.2) is 4.98 Å². The molecule has 0 aliphatic carbocycles. The van der Waals surface area contributed by atoms with Crippen LogP contribution in [-0.4, -0.2) is 20.4 Å². The standard InChI is InChI=1S/C23H20N4O4S/c1-3-19(26-20-10-5-4-9-17(20)14(2)11-21(26)28)22(29)25-23-24-18(13-32-23)15-7-6-8-16(12-15)27(30)31/h4-13,19H,3H2,1-2H3,(H,24,25,29). The number of aryl methyl sites for hydroxylation is 1. The highest BCUT2D eigenvalue weighted by molar-refractivity contribution is 7.14. The molecule has 1 amide bonds. The zero-order valence-electron chi connectivity index (χ0n) is 17.4. The molecule has 0 fully saturated rings. The lowest BCUT2D eigenvalue weighted by atomic mass is 10.1. The first kappa shape index (κ1) is 21.4. The smallest absolute Gasteiger partial charge is 0.270 e. The summed E-state index contributed by atoms with van der Waals surface area (Å²) >= 11 is 1.22.